The molecule has 0 fully saturated rings. The summed E-state index contributed by atoms with van der Waals surface area (Å²) in [6.45, 7) is 8.44. The second-order valence-corrected chi connectivity index (χ2v) is 6.91. The largest absolute Gasteiger partial charge is 0.466 e. The van der Waals surface area contributed by atoms with E-state index in [-0.39, 0.29) is 43.0 Å². The molecule has 1 unspecified atom stereocenters. The van der Waals surface area contributed by atoms with Crippen LogP contribution in [0.5, 0.6) is 0 Å². The predicted molar refractivity (Wildman–Crippen MR) is 123 cm³/mol. The number of aliphatic imine (C=N–C) groups is 1. The Morgan fingerprint density at radius 2 is 1.94 bits per heavy atom. The molecule has 0 spiro atoms. The van der Waals surface area contributed by atoms with Crippen LogP contribution in [-0.2, 0) is 11.8 Å². The number of guanidine groups is 1. The summed E-state index contributed by atoms with van der Waals surface area (Å²) in [4.78, 5) is 11.6. The molecule has 2 heterocycles. The minimum atomic E-state index is -4.52. The van der Waals surface area contributed by atoms with Crippen molar-refractivity contribution in [2.75, 3.05) is 31.5 Å². The van der Waals surface area contributed by atoms with Crippen molar-refractivity contribution >= 4 is 35.9 Å². The minimum Gasteiger partial charge on any atom is -0.466 e. The molecule has 8 nitrogen and oxygen atoms in total. The molecule has 0 aromatic carbocycles. The molecule has 2 aromatic rings. The number of nitrogens with zero attached hydrogens (tertiary/aromatic N) is 3. The molecule has 0 amide bonds. The maximum Gasteiger partial charge on any atom is 0.433 e. The van der Waals surface area contributed by atoms with Gasteiger partial charge >= 0.3 is 6.18 Å². The van der Waals surface area contributed by atoms with Crippen LogP contribution in [-0.4, -0.2) is 47.2 Å². The summed E-state index contributed by atoms with van der Waals surface area (Å²) in [6.07, 6.45) is -3.47. The first-order chi connectivity index (χ1) is 14.0. The van der Waals surface area contributed by atoms with Crippen molar-refractivity contribution in [3.63, 3.8) is 0 Å². The van der Waals surface area contributed by atoms with Crippen LogP contribution in [0.4, 0.5) is 19.1 Å². The van der Waals surface area contributed by atoms with E-state index in [1.54, 1.807) is 19.9 Å². The van der Waals surface area contributed by atoms with Crippen LogP contribution in [0.25, 0.3) is 0 Å². The summed E-state index contributed by atoms with van der Waals surface area (Å²) < 4.78 is 43.6. The van der Waals surface area contributed by atoms with Gasteiger partial charge in [0.15, 0.2) is 5.96 Å². The maximum atomic E-state index is 12.7. The zero-order valence-electron chi connectivity index (χ0n) is 17.8. The van der Waals surface area contributed by atoms with Crippen LogP contribution in [0.3, 0.4) is 0 Å². The Balaban J connectivity index is 0.00000480. The third kappa shape index (κ3) is 8.16. The molecule has 0 saturated heterocycles. The first-order valence-electron chi connectivity index (χ1n) is 9.49. The third-order valence-electron chi connectivity index (χ3n) is 4.16. The van der Waals surface area contributed by atoms with Crippen LogP contribution in [0.15, 0.2) is 27.7 Å². The van der Waals surface area contributed by atoms with Gasteiger partial charge in [0.25, 0.3) is 0 Å². The molecule has 0 radical (unpaired) electrons. The summed E-state index contributed by atoms with van der Waals surface area (Å²) in [7, 11) is 0. The molecule has 0 bridgehead atoms. The van der Waals surface area contributed by atoms with Gasteiger partial charge in [-0.15, -0.1) is 24.0 Å². The number of aliphatic hydroxyl groups is 1. The highest BCUT2D eigenvalue weighted by Crippen LogP contribution is 2.28. The number of hydrogen-bond donors (Lipinski definition) is 4. The number of anilines is 1. The molecule has 0 aliphatic rings. The molecule has 0 aliphatic carbocycles. The number of alkyl halides is 3. The minimum absolute atomic E-state index is 0. The Hall–Kier alpha value is -2.09. The van der Waals surface area contributed by atoms with E-state index in [2.05, 4.69) is 30.9 Å². The highest BCUT2D eigenvalue weighted by atomic mass is 127. The van der Waals surface area contributed by atoms with E-state index in [1.165, 1.54) is 0 Å². The Kier molecular flexibility index (Phi) is 10.0. The molecule has 174 valence electrons. The van der Waals surface area contributed by atoms with Crippen LogP contribution in [0.1, 0.15) is 36.6 Å². The third-order valence-corrected chi connectivity index (χ3v) is 4.16. The summed E-state index contributed by atoms with van der Waals surface area (Å²) in [5.74, 6) is 1.69. The Morgan fingerprint density at radius 3 is 2.52 bits per heavy atom. The van der Waals surface area contributed by atoms with Crippen molar-refractivity contribution in [3.05, 3.63) is 41.1 Å². The summed E-state index contributed by atoms with van der Waals surface area (Å²) >= 11 is 0. The van der Waals surface area contributed by atoms with Crippen molar-refractivity contribution in [2.45, 2.75) is 39.5 Å². The molecule has 2 rings (SSSR count). The van der Waals surface area contributed by atoms with E-state index >= 15 is 0 Å². The Labute approximate surface area is 196 Å². The molecule has 0 saturated carbocycles. The molecule has 31 heavy (non-hydrogen) atoms. The van der Waals surface area contributed by atoms with Gasteiger partial charge in [0, 0.05) is 31.4 Å². The molecule has 0 aliphatic heterocycles. The molecular formula is C19H28F3IN6O2. The van der Waals surface area contributed by atoms with Crippen molar-refractivity contribution in [3.8, 4) is 0 Å². The van der Waals surface area contributed by atoms with Gasteiger partial charge in [0.2, 0.25) is 5.95 Å². The fourth-order valence-corrected chi connectivity index (χ4v) is 2.78. The number of hydrogen-bond acceptors (Lipinski definition) is 6. The number of aryl methyl sites for hydroxylation is 2. The number of halogens is 4. The van der Waals surface area contributed by atoms with E-state index < -0.39 is 17.5 Å². The Morgan fingerprint density at radius 1 is 1.23 bits per heavy atom. The molecule has 12 heteroatoms. The van der Waals surface area contributed by atoms with Gasteiger partial charge in [-0.25, -0.2) is 15.0 Å². The Bertz CT molecular complexity index is 871. The lowest BCUT2D eigenvalue weighted by molar-refractivity contribution is -0.141. The lowest BCUT2D eigenvalue weighted by Crippen LogP contribution is -2.40. The molecule has 2 aromatic heterocycles. The monoisotopic (exact) mass is 556 g/mol. The van der Waals surface area contributed by atoms with Crippen molar-refractivity contribution in [1.82, 2.24) is 20.6 Å². The highest BCUT2D eigenvalue weighted by Gasteiger charge is 2.32. The van der Waals surface area contributed by atoms with Crippen LogP contribution in [0.2, 0.25) is 0 Å². The average Bonchev–Trinajstić information content (AvgIpc) is 3.02. The molecule has 1 atom stereocenters. The maximum absolute atomic E-state index is 12.7. The van der Waals surface area contributed by atoms with Crippen LogP contribution < -0.4 is 16.0 Å². The van der Waals surface area contributed by atoms with E-state index in [1.807, 2.05) is 13.8 Å². The first-order valence-corrected chi connectivity index (χ1v) is 9.49. The van der Waals surface area contributed by atoms with Gasteiger partial charge < -0.3 is 25.5 Å². The van der Waals surface area contributed by atoms with Gasteiger partial charge in [0.05, 0.1) is 6.54 Å². The first kappa shape index (κ1) is 26.9. The SMILES string of the molecule is CCNC(=NCC(C)(O)c1cc(C)oc1C)NCCNc1nccc(C(F)(F)F)n1.I. The average molecular weight is 556 g/mol. The van der Waals surface area contributed by atoms with Crippen LogP contribution >= 0.6 is 24.0 Å². The van der Waals surface area contributed by atoms with E-state index in [9.17, 15) is 18.3 Å². The second-order valence-electron chi connectivity index (χ2n) is 6.91. The van der Waals surface area contributed by atoms with Gasteiger partial charge in [-0.2, -0.15) is 13.2 Å². The number of aromatic nitrogens is 2. The van der Waals surface area contributed by atoms with Crippen molar-refractivity contribution < 1.29 is 22.7 Å². The lowest BCUT2D eigenvalue weighted by atomic mass is 9.96. The fourth-order valence-electron chi connectivity index (χ4n) is 2.78. The fraction of sp³-hybridized carbons (Fsp3) is 0.526. The van der Waals surface area contributed by atoms with Gasteiger partial charge in [0.1, 0.15) is 22.8 Å². The predicted octanol–water partition coefficient (Wildman–Crippen LogP) is 3.20. The zero-order valence-corrected chi connectivity index (χ0v) is 20.1. The zero-order chi connectivity index (χ0) is 22.4. The normalized spacial score (nSPS) is 13.9. The standard InChI is InChI=1S/C19H27F3N6O2.HI/c1-5-23-16(27-11-18(4,29)14-10-12(2)30-13(14)3)25-8-9-26-17-24-7-6-15(28-17)19(20,21)22;/h6-7,10,29H,5,8-9,11H2,1-4H3,(H2,23,25,27)(H,24,26,28);1H. The highest BCUT2D eigenvalue weighted by molar-refractivity contribution is 14.0. The number of nitrogens with one attached hydrogen (secondary N) is 3. The van der Waals surface area contributed by atoms with Gasteiger partial charge in [-0.1, -0.05) is 0 Å². The van der Waals surface area contributed by atoms with E-state index in [4.69, 9.17) is 4.42 Å². The molecule has 4 N–H and O–H groups in total. The van der Waals surface area contributed by atoms with E-state index in [0.717, 1.165) is 12.3 Å². The summed E-state index contributed by atoms with van der Waals surface area (Å²) in [5.41, 5.74) is -1.55. The number of furan rings is 1. The van der Waals surface area contributed by atoms with Crippen molar-refractivity contribution in [1.29, 1.82) is 0 Å². The number of rotatable bonds is 8. The summed E-state index contributed by atoms with van der Waals surface area (Å²) in [6, 6.07) is 2.60. The summed E-state index contributed by atoms with van der Waals surface area (Å²) in [5, 5.41) is 19.6. The van der Waals surface area contributed by atoms with Gasteiger partial charge in [-0.05, 0) is 39.8 Å². The molecular weight excluding hydrogens is 528 g/mol. The van der Waals surface area contributed by atoms with Gasteiger partial charge in [-0.3, -0.25) is 0 Å². The van der Waals surface area contributed by atoms with E-state index in [0.29, 0.717) is 36.1 Å². The lowest BCUT2D eigenvalue weighted by Gasteiger charge is -2.21. The topological polar surface area (TPSA) is 108 Å². The van der Waals surface area contributed by atoms with Crippen molar-refractivity contribution in [2.24, 2.45) is 4.99 Å². The second kappa shape index (κ2) is 11.5. The smallest absolute Gasteiger partial charge is 0.433 e. The quantitative estimate of drug-likeness (QED) is 0.171. The van der Waals surface area contributed by atoms with Crippen LogP contribution in [0, 0.1) is 13.8 Å².